The minimum Gasteiger partial charge on any atom is -0.313 e. The van der Waals surface area contributed by atoms with E-state index in [9.17, 15) is 4.39 Å². The summed E-state index contributed by atoms with van der Waals surface area (Å²) in [5, 5.41) is 2.95. The normalized spacial score (nSPS) is 33.3. The third-order valence-electron chi connectivity index (χ3n) is 1.42. The van der Waals surface area contributed by atoms with E-state index in [1.54, 1.807) is 0 Å². The van der Waals surface area contributed by atoms with Gasteiger partial charge in [-0.2, -0.15) is 0 Å². The lowest BCUT2D eigenvalue weighted by molar-refractivity contribution is 0.298. The van der Waals surface area contributed by atoms with E-state index >= 15 is 0 Å². The van der Waals surface area contributed by atoms with Gasteiger partial charge in [0.05, 0.1) is 0 Å². The molecule has 1 heterocycles. The lowest BCUT2D eigenvalue weighted by Crippen LogP contribution is -2.08. The first-order valence-electron chi connectivity index (χ1n) is 3.65. The zero-order valence-electron chi connectivity index (χ0n) is 6.45. The lowest BCUT2D eigenvalue weighted by atomic mass is 10.1. The van der Waals surface area contributed by atoms with Crippen molar-refractivity contribution in [3.63, 3.8) is 0 Å². The van der Waals surface area contributed by atoms with Crippen molar-refractivity contribution >= 4 is 0 Å². The largest absolute Gasteiger partial charge is 0.313 e. The van der Waals surface area contributed by atoms with Crippen LogP contribution >= 0.6 is 0 Å². The highest BCUT2D eigenvalue weighted by atomic mass is 19.1. The summed E-state index contributed by atoms with van der Waals surface area (Å²) in [5.41, 5.74) is 0. The molecule has 0 radical (unpaired) electrons. The van der Waals surface area contributed by atoms with Crippen LogP contribution in [0.3, 0.4) is 0 Å². The van der Waals surface area contributed by atoms with Crippen molar-refractivity contribution < 1.29 is 4.39 Å². The van der Waals surface area contributed by atoms with Crippen LogP contribution in [0.2, 0.25) is 0 Å². The van der Waals surface area contributed by atoms with Gasteiger partial charge in [-0.05, 0) is 0 Å². The summed E-state index contributed by atoms with van der Waals surface area (Å²) in [4.78, 5) is 0. The summed E-state index contributed by atoms with van der Waals surface area (Å²) >= 11 is 0. The minimum atomic E-state index is -0.597. The molecule has 9 heavy (non-hydrogen) atoms. The van der Waals surface area contributed by atoms with E-state index < -0.39 is 6.17 Å². The molecule has 1 aliphatic heterocycles. The van der Waals surface area contributed by atoms with Crippen molar-refractivity contribution in [3.05, 3.63) is 0 Å². The molecule has 1 aliphatic rings. The van der Waals surface area contributed by atoms with Gasteiger partial charge in [-0.3, -0.25) is 0 Å². The third-order valence-corrected chi connectivity index (χ3v) is 1.42. The van der Waals surface area contributed by atoms with E-state index in [0.717, 1.165) is 6.54 Å². The van der Waals surface area contributed by atoms with Gasteiger partial charge < -0.3 is 5.32 Å². The fraction of sp³-hybridized carbons (Fsp3) is 1.00. The first-order chi connectivity index (χ1) is 4.30. The average molecular weight is 133 g/mol. The first-order valence-corrected chi connectivity index (χ1v) is 3.65. The number of hydrogen-bond donors (Lipinski definition) is 1. The molecule has 2 atom stereocenters. The summed E-state index contributed by atoms with van der Waals surface area (Å²) in [6, 6.07) is 0. The van der Waals surface area contributed by atoms with Crippen LogP contribution in [0.25, 0.3) is 0 Å². The Hall–Kier alpha value is -0.110. The van der Waals surface area contributed by atoms with E-state index in [-0.39, 0.29) is 5.92 Å². The quantitative estimate of drug-likeness (QED) is 0.529. The van der Waals surface area contributed by atoms with Crippen molar-refractivity contribution in [2.75, 3.05) is 13.1 Å². The maximum atomic E-state index is 12.3. The number of hydrogen-bond acceptors (Lipinski definition) is 1. The van der Waals surface area contributed by atoms with Crippen LogP contribution in [0, 0.1) is 5.92 Å². The molecule has 1 rings (SSSR count). The van der Waals surface area contributed by atoms with Crippen molar-refractivity contribution in [2.24, 2.45) is 5.92 Å². The van der Waals surface area contributed by atoms with Gasteiger partial charge in [0.15, 0.2) is 0 Å². The molecule has 0 aromatic rings. The van der Waals surface area contributed by atoms with Crippen LogP contribution < -0.4 is 5.32 Å². The van der Waals surface area contributed by atoms with Gasteiger partial charge in [-0.25, -0.2) is 4.39 Å². The molecule has 0 amide bonds. The Balaban J connectivity index is 0.000000291. The van der Waals surface area contributed by atoms with Crippen LogP contribution in [0.4, 0.5) is 4.39 Å². The summed E-state index contributed by atoms with van der Waals surface area (Å²) in [6.07, 6.45) is -0.597. The van der Waals surface area contributed by atoms with E-state index in [0.29, 0.717) is 6.54 Å². The fourth-order valence-corrected chi connectivity index (χ4v) is 0.778. The van der Waals surface area contributed by atoms with Gasteiger partial charge >= 0.3 is 0 Å². The highest BCUT2D eigenvalue weighted by molar-refractivity contribution is 4.76. The van der Waals surface area contributed by atoms with Gasteiger partial charge in [0.2, 0.25) is 0 Å². The van der Waals surface area contributed by atoms with Crippen LogP contribution in [0.15, 0.2) is 0 Å². The molecule has 2 heteroatoms. The van der Waals surface area contributed by atoms with E-state index in [1.807, 2.05) is 20.8 Å². The minimum absolute atomic E-state index is 0.236. The Morgan fingerprint density at radius 1 is 1.33 bits per heavy atom. The monoisotopic (exact) mass is 133 g/mol. The second kappa shape index (κ2) is 4.74. The summed E-state index contributed by atoms with van der Waals surface area (Å²) in [5.74, 6) is 0.236. The zero-order valence-corrected chi connectivity index (χ0v) is 6.45. The smallest absolute Gasteiger partial charge is 0.116 e. The third kappa shape index (κ3) is 2.80. The van der Waals surface area contributed by atoms with Crippen LogP contribution in [-0.2, 0) is 0 Å². The number of rotatable bonds is 0. The molecule has 0 aromatic heterocycles. The highest BCUT2D eigenvalue weighted by Crippen LogP contribution is 2.09. The molecule has 56 valence electrons. The maximum Gasteiger partial charge on any atom is 0.116 e. The Bertz CT molecular complexity index is 57.9. The Kier molecular flexibility index (Phi) is 4.68. The lowest BCUT2D eigenvalue weighted by Gasteiger charge is -1.99. The zero-order chi connectivity index (χ0) is 7.28. The van der Waals surface area contributed by atoms with Gasteiger partial charge in [0.1, 0.15) is 6.17 Å². The maximum absolute atomic E-state index is 12.3. The second-order valence-corrected chi connectivity index (χ2v) is 2.15. The highest BCUT2D eigenvalue weighted by Gasteiger charge is 2.21. The number of alkyl halides is 1. The molecule has 1 fully saturated rings. The molecule has 0 aliphatic carbocycles. The fourth-order valence-electron chi connectivity index (χ4n) is 0.778. The van der Waals surface area contributed by atoms with E-state index in [1.165, 1.54) is 0 Å². The second-order valence-electron chi connectivity index (χ2n) is 2.15. The molecule has 0 spiro atoms. The molecular formula is C7H16FN. The predicted molar refractivity (Wildman–Crippen MR) is 38.3 cm³/mol. The first kappa shape index (κ1) is 8.89. The standard InChI is InChI=1S/C5H10FN.C2H6/c1-4-2-7-3-5(4)6;1-2/h4-5,7H,2-3H2,1H3;1-2H3/t4-,5?;/m0./s1. The Morgan fingerprint density at radius 2 is 1.89 bits per heavy atom. The van der Waals surface area contributed by atoms with Crippen molar-refractivity contribution in [1.29, 1.82) is 0 Å². The van der Waals surface area contributed by atoms with Gasteiger partial charge in [-0.15, -0.1) is 0 Å². The van der Waals surface area contributed by atoms with Crippen LogP contribution in [0.5, 0.6) is 0 Å². The Morgan fingerprint density at radius 3 is 2.00 bits per heavy atom. The summed E-state index contributed by atoms with van der Waals surface area (Å²) in [7, 11) is 0. The van der Waals surface area contributed by atoms with E-state index in [4.69, 9.17) is 0 Å². The SMILES string of the molecule is CC.C[C@H]1CNCC1F. The van der Waals surface area contributed by atoms with Gasteiger partial charge in [0, 0.05) is 19.0 Å². The molecule has 0 saturated carbocycles. The molecule has 1 unspecified atom stereocenters. The molecule has 1 nitrogen and oxygen atoms in total. The van der Waals surface area contributed by atoms with Crippen LogP contribution in [-0.4, -0.2) is 19.3 Å². The number of nitrogens with one attached hydrogen (secondary N) is 1. The summed E-state index contributed by atoms with van der Waals surface area (Å²) < 4.78 is 12.3. The van der Waals surface area contributed by atoms with Crippen molar-refractivity contribution in [1.82, 2.24) is 5.32 Å². The molecule has 1 N–H and O–H groups in total. The van der Waals surface area contributed by atoms with Crippen molar-refractivity contribution in [3.8, 4) is 0 Å². The molecule has 0 bridgehead atoms. The Labute approximate surface area is 56.6 Å². The van der Waals surface area contributed by atoms with Gasteiger partial charge in [-0.1, -0.05) is 20.8 Å². The summed E-state index contributed by atoms with van der Waals surface area (Å²) in [6.45, 7) is 7.33. The topological polar surface area (TPSA) is 12.0 Å². The number of halogens is 1. The van der Waals surface area contributed by atoms with Crippen molar-refractivity contribution in [2.45, 2.75) is 26.9 Å². The molecule has 0 aromatic carbocycles. The molecule has 1 saturated heterocycles. The molecular weight excluding hydrogens is 117 g/mol. The van der Waals surface area contributed by atoms with Crippen LogP contribution in [0.1, 0.15) is 20.8 Å². The van der Waals surface area contributed by atoms with E-state index in [2.05, 4.69) is 5.32 Å². The predicted octanol–water partition coefficient (Wildman–Crippen LogP) is 1.59. The van der Waals surface area contributed by atoms with Gasteiger partial charge in [0.25, 0.3) is 0 Å². The average Bonchev–Trinajstić information content (AvgIpc) is 2.23.